The molecule has 1 saturated carbocycles. The molecule has 1 aliphatic carbocycles. The zero-order chi connectivity index (χ0) is 15.6. The minimum absolute atomic E-state index is 0.00878. The van der Waals surface area contributed by atoms with E-state index in [1.807, 2.05) is 12.1 Å². The molecule has 2 atom stereocenters. The third-order valence-corrected chi connectivity index (χ3v) is 5.57. The predicted octanol–water partition coefficient (Wildman–Crippen LogP) is 4.68. The van der Waals surface area contributed by atoms with Crippen LogP contribution in [0.25, 0.3) is 0 Å². The van der Waals surface area contributed by atoms with E-state index in [0.29, 0.717) is 5.92 Å². The van der Waals surface area contributed by atoms with Crippen LogP contribution in [0.4, 0.5) is 0 Å². The molecule has 118 valence electrons. The zero-order valence-corrected chi connectivity index (χ0v) is 15.0. The summed E-state index contributed by atoms with van der Waals surface area (Å²) in [4.78, 5) is 0. The molecular weight excluding hydrogens is 330 g/mol. The van der Waals surface area contributed by atoms with E-state index in [4.69, 9.17) is 15.2 Å². The van der Waals surface area contributed by atoms with Crippen molar-refractivity contribution in [3.63, 3.8) is 0 Å². The number of hydrogen-bond acceptors (Lipinski definition) is 3. The van der Waals surface area contributed by atoms with Gasteiger partial charge in [-0.25, -0.2) is 0 Å². The largest absolute Gasteiger partial charge is 0.493 e. The fourth-order valence-electron chi connectivity index (χ4n) is 3.53. The summed E-state index contributed by atoms with van der Waals surface area (Å²) in [6.07, 6.45) is 5.02. The maximum atomic E-state index is 6.63. The number of ether oxygens (including phenoxy) is 2. The van der Waals surface area contributed by atoms with Crippen LogP contribution in [0.15, 0.2) is 16.6 Å². The van der Waals surface area contributed by atoms with Gasteiger partial charge in [-0.05, 0) is 41.9 Å². The van der Waals surface area contributed by atoms with Crippen molar-refractivity contribution in [1.29, 1.82) is 0 Å². The Labute approximate surface area is 136 Å². The van der Waals surface area contributed by atoms with Crippen molar-refractivity contribution in [2.24, 2.45) is 17.1 Å². The number of halogens is 1. The van der Waals surface area contributed by atoms with Crippen molar-refractivity contribution < 1.29 is 9.47 Å². The zero-order valence-electron chi connectivity index (χ0n) is 13.4. The highest BCUT2D eigenvalue weighted by atomic mass is 79.9. The Kier molecular flexibility index (Phi) is 5.20. The smallest absolute Gasteiger partial charge is 0.161 e. The Hall–Kier alpha value is -0.740. The van der Waals surface area contributed by atoms with Crippen molar-refractivity contribution in [2.45, 2.75) is 45.6 Å². The van der Waals surface area contributed by atoms with Gasteiger partial charge in [-0.15, -0.1) is 0 Å². The minimum atomic E-state index is 0.00878. The molecule has 0 aliphatic heterocycles. The average molecular weight is 356 g/mol. The van der Waals surface area contributed by atoms with Crippen LogP contribution in [-0.2, 0) is 0 Å². The normalized spacial score (nSPS) is 22.7. The summed E-state index contributed by atoms with van der Waals surface area (Å²) in [6.45, 7) is 4.68. The van der Waals surface area contributed by atoms with E-state index in [-0.39, 0.29) is 11.5 Å². The molecule has 0 spiro atoms. The summed E-state index contributed by atoms with van der Waals surface area (Å²) in [5.41, 5.74) is 8.02. The van der Waals surface area contributed by atoms with Crippen molar-refractivity contribution in [1.82, 2.24) is 0 Å². The number of rotatable bonds is 4. The highest BCUT2D eigenvalue weighted by molar-refractivity contribution is 9.10. The van der Waals surface area contributed by atoms with Gasteiger partial charge in [0.25, 0.3) is 0 Å². The maximum absolute atomic E-state index is 6.63. The lowest BCUT2D eigenvalue weighted by molar-refractivity contribution is 0.112. The van der Waals surface area contributed by atoms with E-state index in [1.165, 1.54) is 25.7 Å². The first-order valence-corrected chi connectivity index (χ1v) is 8.37. The molecular formula is C17H26BrNO2. The van der Waals surface area contributed by atoms with E-state index >= 15 is 0 Å². The molecule has 1 fully saturated rings. The lowest BCUT2D eigenvalue weighted by Gasteiger charge is -2.42. The number of methoxy groups -OCH3 is 2. The van der Waals surface area contributed by atoms with Crippen LogP contribution in [0.3, 0.4) is 0 Å². The van der Waals surface area contributed by atoms with Gasteiger partial charge < -0.3 is 15.2 Å². The summed E-state index contributed by atoms with van der Waals surface area (Å²) < 4.78 is 11.8. The molecule has 0 amide bonds. The molecule has 2 rings (SSSR count). The lowest BCUT2D eigenvalue weighted by atomic mass is 9.65. The van der Waals surface area contributed by atoms with Gasteiger partial charge in [0.1, 0.15) is 0 Å². The number of hydrogen-bond donors (Lipinski definition) is 1. The molecule has 21 heavy (non-hydrogen) atoms. The van der Waals surface area contributed by atoms with E-state index < -0.39 is 0 Å². The van der Waals surface area contributed by atoms with Gasteiger partial charge >= 0.3 is 0 Å². The molecule has 0 radical (unpaired) electrons. The van der Waals surface area contributed by atoms with Crippen LogP contribution in [0.2, 0.25) is 0 Å². The standard InChI is InChI=1S/C17H26BrNO2/c1-17(2)8-6-5-7-12(17)16(19)11-9-14(20-3)15(21-4)10-13(11)18/h9-10,12,16H,5-8,19H2,1-4H3. The van der Waals surface area contributed by atoms with Crippen molar-refractivity contribution in [3.05, 3.63) is 22.2 Å². The molecule has 3 nitrogen and oxygen atoms in total. The van der Waals surface area contributed by atoms with Crippen LogP contribution in [0.1, 0.15) is 51.1 Å². The van der Waals surface area contributed by atoms with E-state index in [2.05, 4.69) is 29.8 Å². The topological polar surface area (TPSA) is 44.5 Å². The van der Waals surface area contributed by atoms with Gasteiger partial charge in [0, 0.05) is 10.5 Å². The lowest BCUT2D eigenvalue weighted by Crippen LogP contribution is -2.36. The monoisotopic (exact) mass is 355 g/mol. The SMILES string of the molecule is COc1cc(Br)c(C(N)C2CCCCC2(C)C)cc1OC. The molecule has 1 aromatic rings. The van der Waals surface area contributed by atoms with Gasteiger partial charge in [-0.3, -0.25) is 0 Å². The number of benzene rings is 1. The third-order valence-electron chi connectivity index (χ3n) is 4.89. The summed E-state index contributed by atoms with van der Waals surface area (Å²) in [5.74, 6) is 1.95. The second-order valence-corrected chi connectivity index (χ2v) is 7.45. The Bertz CT molecular complexity index is 502. The molecule has 0 bridgehead atoms. The highest BCUT2D eigenvalue weighted by Gasteiger charge is 2.37. The van der Waals surface area contributed by atoms with E-state index in [9.17, 15) is 0 Å². The quantitative estimate of drug-likeness (QED) is 0.852. The summed E-state index contributed by atoms with van der Waals surface area (Å²) >= 11 is 3.64. The van der Waals surface area contributed by atoms with E-state index in [1.54, 1.807) is 14.2 Å². The molecule has 1 aliphatic rings. The molecule has 2 unspecified atom stereocenters. The summed E-state index contributed by atoms with van der Waals surface area (Å²) in [7, 11) is 3.31. The highest BCUT2D eigenvalue weighted by Crippen LogP contribution is 2.48. The van der Waals surface area contributed by atoms with E-state index in [0.717, 1.165) is 21.5 Å². The van der Waals surface area contributed by atoms with Gasteiger partial charge in [-0.1, -0.05) is 42.6 Å². The van der Waals surface area contributed by atoms with Crippen LogP contribution < -0.4 is 15.2 Å². The second kappa shape index (κ2) is 6.57. The molecule has 0 saturated heterocycles. The number of nitrogens with two attached hydrogens (primary N) is 1. The summed E-state index contributed by atoms with van der Waals surface area (Å²) in [6, 6.07) is 3.97. The molecule has 0 aromatic heterocycles. The van der Waals surface area contributed by atoms with Crippen LogP contribution >= 0.6 is 15.9 Å². The molecule has 2 N–H and O–H groups in total. The Morgan fingerprint density at radius 2 is 1.81 bits per heavy atom. The third kappa shape index (κ3) is 3.37. The first kappa shape index (κ1) is 16.6. The van der Waals surface area contributed by atoms with Crippen LogP contribution in [0, 0.1) is 11.3 Å². The van der Waals surface area contributed by atoms with Crippen molar-refractivity contribution in [3.8, 4) is 11.5 Å². The fraction of sp³-hybridized carbons (Fsp3) is 0.647. The van der Waals surface area contributed by atoms with Gasteiger partial charge in [0.05, 0.1) is 14.2 Å². The van der Waals surface area contributed by atoms with Gasteiger partial charge in [0.2, 0.25) is 0 Å². The fourth-order valence-corrected chi connectivity index (χ4v) is 4.12. The van der Waals surface area contributed by atoms with Gasteiger partial charge in [0.15, 0.2) is 11.5 Å². The second-order valence-electron chi connectivity index (χ2n) is 6.60. The molecule has 1 aromatic carbocycles. The van der Waals surface area contributed by atoms with Crippen molar-refractivity contribution in [2.75, 3.05) is 14.2 Å². The Balaban J connectivity index is 2.36. The maximum Gasteiger partial charge on any atom is 0.161 e. The minimum Gasteiger partial charge on any atom is -0.493 e. The molecule has 0 heterocycles. The molecule has 4 heteroatoms. The van der Waals surface area contributed by atoms with Gasteiger partial charge in [-0.2, -0.15) is 0 Å². The Morgan fingerprint density at radius 3 is 2.38 bits per heavy atom. The predicted molar refractivity (Wildman–Crippen MR) is 89.9 cm³/mol. The summed E-state index contributed by atoms with van der Waals surface area (Å²) in [5, 5.41) is 0. The first-order chi connectivity index (χ1) is 9.90. The first-order valence-electron chi connectivity index (χ1n) is 7.57. The Morgan fingerprint density at radius 1 is 1.19 bits per heavy atom. The van der Waals surface area contributed by atoms with Crippen LogP contribution in [0.5, 0.6) is 11.5 Å². The average Bonchev–Trinajstić information content (AvgIpc) is 2.45. The van der Waals surface area contributed by atoms with Crippen LogP contribution in [-0.4, -0.2) is 14.2 Å². The van der Waals surface area contributed by atoms with Crippen molar-refractivity contribution >= 4 is 15.9 Å².